The first kappa shape index (κ1) is 19.4. The zero-order valence-electron chi connectivity index (χ0n) is 14.8. The highest BCUT2D eigenvalue weighted by molar-refractivity contribution is 7.89. The zero-order valence-corrected chi connectivity index (χ0v) is 15.6. The summed E-state index contributed by atoms with van der Waals surface area (Å²) in [5, 5.41) is 0. The number of benzene rings is 1. The fraction of sp³-hybridized carbons (Fsp3) is 0.529. The Labute approximate surface area is 148 Å². The van der Waals surface area contributed by atoms with Crippen LogP contribution < -0.4 is 10.9 Å². The molecule has 1 heterocycles. The highest BCUT2D eigenvalue weighted by Crippen LogP contribution is 2.24. The van der Waals surface area contributed by atoms with Crippen molar-refractivity contribution in [3.8, 4) is 0 Å². The SMILES string of the molecule is Cc1ccc(S(=O)(=O)N2CCC(C(=O)NNC(=O)C(C)C)CC2)cc1. The van der Waals surface area contributed by atoms with Gasteiger partial charge in [0.25, 0.3) is 0 Å². The summed E-state index contributed by atoms with van der Waals surface area (Å²) in [5.41, 5.74) is 5.80. The molecule has 0 aliphatic carbocycles. The third-order valence-electron chi connectivity index (χ3n) is 4.32. The van der Waals surface area contributed by atoms with Gasteiger partial charge in [0.15, 0.2) is 0 Å². The Morgan fingerprint density at radius 1 is 1.08 bits per heavy atom. The molecular formula is C17H25N3O4S. The van der Waals surface area contributed by atoms with Crippen LogP contribution in [-0.4, -0.2) is 37.6 Å². The van der Waals surface area contributed by atoms with E-state index in [2.05, 4.69) is 10.9 Å². The van der Waals surface area contributed by atoms with Crippen molar-refractivity contribution in [3.63, 3.8) is 0 Å². The van der Waals surface area contributed by atoms with Crippen LogP contribution >= 0.6 is 0 Å². The largest absolute Gasteiger partial charge is 0.273 e. The predicted molar refractivity (Wildman–Crippen MR) is 93.8 cm³/mol. The molecule has 8 heteroatoms. The molecule has 1 aromatic rings. The fourth-order valence-electron chi connectivity index (χ4n) is 2.59. The number of hydrazine groups is 1. The van der Waals surface area contributed by atoms with Gasteiger partial charge in [-0.3, -0.25) is 20.4 Å². The Hall–Kier alpha value is -1.93. The first-order valence-electron chi connectivity index (χ1n) is 8.38. The van der Waals surface area contributed by atoms with Crippen LogP contribution in [0, 0.1) is 18.8 Å². The lowest BCUT2D eigenvalue weighted by Gasteiger charge is -2.30. The van der Waals surface area contributed by atoms with E-state index in [1.54, 1.807) is 38.1 Å². The number of sulfonamides is 1. The molecule has 0 unspecified atom stereocenters. The van der Waals surface area contributed by atoms with E-state index in [9.17, 15) is 18.0 Å². The maximum Gasteiger partial charge on any atom is 0.243 e. The Balaban J connectivity index is 1.91. The maximum absolute atomic E-state index is 12.6. The molecule has 25 heavy (non-hydrogen) atoms. The van der Waals surface area contributed by atoms with Crippen LogP contribution in [0.4, 0.5) is 0 Å². The molecule has 0 atom stereocenters. The summed E-state index contributed by atoms with van der Waals surface area (Å²) < 4.78 is 26.7. The van der Waals surface area contributed by atoms with Gasteiger partial charge in [0.1, 0.15) is 0 Å². The van der Waals surface area contributed by atoms with E-state index >= 15 is 0 Å². The highest BCUT2D eigenvalue weighted by Gasteiger charge is 2.32. The molecule has 138 valence electrons. The van der Waals surface area contributed by atoms with Crippen molar-refractivity contribution in [1.29, 1.82) is 0 Å². The molecule has 1 aliphatic rings. The first-order chi connectivity index (χ1) is 11.7. The molecule has 2 rings (SSSR count). The smallest absolute Gasteiger partial charge is 0.243 e. The van der Waals surface area contributed by atoms with Crippen molar-refractivity contribution in [2.24, 2.45) is 11.8 Å². The molecule has 0 aromatic heterocycles. The lowest BCUT2D eigenvalue weighted by Crippen LogP contribution is -2.49. The number of hydrogen-bond donors (Lipinski definition) is 2. The van der Waals surface area contributed by atoms with E-state index in [-0.39, 0.29) is 41.6 Å². The van der Waals surface area contributed by atoms with E-state index in [4.69, 9.17) is 0 Å². The zero-order chi connectivity index (χ0) is 18.6. The molecule has 0 bridgehead atoms. The van der Waals surface area contributed by atoms with Crippen LogP contribution in [0.15, 0.2) is 29.2 Å². The van der Waals surface area contributed by atoms with Crippen LogP contribution in [-0.2, 0) is 19.6 Å². The molecule has 0 radical (unpaired) electrons. The average molecular weight is 367 g/mol. The predicted octanol–water partition coefficient (Wildman–Crippen LogP) is 1.20. The lowest BCUT2D eigenvalue weighted by molar-refractivity contribution is -0.133. The normalized spacial score (nSPS) is 16.6. The number of rotatable bonds is 4. The van der Waals surface area contributed by atoms with E-state index in [1.807, 2.05) is 6.92 Å². The summed E-state index contributed by atoms with van der Waals surface area (Å²) in [7, 11) is -3.53. The Morgan fingerprint density at radius 3 is 2.16 bits per heavy atom. The minimum atomic E-state index is -3.53. The van der Waals surface area contributed by atoms with Crippen molar-refractivity contribution in [2.45, 2.75) is 38.5 Å². The van der Waals surface area contributed by atoms with E-state index < -0.39 is 10.0 Å². The second-order valence-corrected chi connectivity index (χ2v) is 8.56. The summed E-state index contributed by atoms with van der Waals surface area (Å²) in [4.78, 5) is 23.8. The van der Waals surface area contributed by atoms with Gasteiger partial charge in [-0.25, -0.2) is 8.42 Å². The van der Waals surface area contributed by atoms with Crippen molar-refractivity contribution in [1.82, 2.24) is 15.2 Å². The molecule has 2 N–H and O–H groups in total. The Morgan fingerprint density at radius 2 is 1.64 bits per heavy atom. The summed E-state index contributed by atoms with van der Waals surface area (Å²) in [5.74, 6) is -1.06. The monoisotopic (exact) mass is 367 g/mol. The fourth-order valence-corrected chi connectivity index (χ4v) is 4.06. The van der Waals surface area contributed by atoms with Crippen LogP contribution in [0.25, 0.3) is 0 Å². The van der Waals surface area contributed by atoms with Crippen molar-refractivity contribution in [3.05, 3.63) is 29.8 Å². The van der Waals surface area contributed by atoms with Crippen molar-refractivity contribution < 1.29 is 18.0 Å². The van der Waals surface area contributed by atoms with E-state index in [1.165, 1.54) is 4.31 Å². The minimum Gasteiger partial charge on any atom is -0.273 e. The number of piperidine rings is 1. The maximum atomic E-state index is 12.6. The highest BCUT2D eigenvalue weighted by atomic mass is 32.2. The molecule has 0 saturated carbocycles. The number of carbonyl (C=O) groups excluding carboxylic acids is 2. The quantitative estimate of drug-likeness (QED) is 0.782. The lowest BCUT2D eigenvalue weighted by atomic mass is 9.98. The van der Waals surface area contributed by atoms with E-state index in [0.29, 0.717) is 12.8 Å². The number of aryl methyl sites for hydroxylation is 1. The first-order valence-corrected chi connectivity index (χ1v) is 9.82. The molecule has 1 aliphatic heterocycles. The van der Waals surface area contributed by atoms with E-state index in [0.717, 1.165) is 5.56 Å². The summed E-state index contributed by atoms with van der Waals surface area (Å²) in [6, 6.07) is 6.74. The van der Waals surface area contributed by atoms with Crippen LogP contribution in [0.2, 0.25) is 0 Å². The molecule has 1 aromatic carbocycles. The van der Waals surface area contributed by atoms with Crippen molar-refractivity contribution in [2.75, 3.05) is 13.1 Å². The van der Waals surface area contributed by atoms with Crippen LogP contribution in [0.3, 0.4) is 0 Å². The summed E-state index contributed by atoms with van der Waals surface area (Å²) >= 11 is 0. The van der Waals surface area contributed by atoms with Gasteiger partial charge in [-0.2, -0.15) is 4.31 Å². The molecular weight excluding hydrogens is 342 g/mol. The second-order valence-electron chi connectivity index (χ2n) is 6.62. The Bertz CT molecular complexity index is 721. The third kappa shape index (κ3) is 4.79. The van der Waals surface area contributed by atoms with Gasteiger partial charge < -0.3 is 0 Å². The topological polar surface area (TPSA) is 95.6 Å². The van der Waals surface area contributed by atoms with Gasteiger partial charge in [0.05, 0.1) is 4.90 Å². The second kappa shape index (κ2) is 7.97. The van der Waals surface area contributed by atoms with Crippen molar-refractivity contribution >= 4 is 21.8 Å². The van der Waals surface area contributed by atoms with Gasteiger partial charge in [0, 0.05) is 24.9 Å². The van der Waals surface area contributed by atoms with Gasteiger partial charge in [-0.1, -0.05) is 31.5 Å². The number of nitrogens with one attached hydrogen (secondary N) is 2. The summed E-state index contributed by atoms with van der Waals surface area (Å²) in [6.07, 6.45) is 0.850. The molecule has 1 fully saturated rings. The number of carbonyl (C=O) groups is 2. The van der Waals surface area contributed by atoms with Gasteiger partial charge >= 0.3 is 0 Å². The van der Waals surface area contributed by atoms with Gasteiger partial charge in [0.2, 0.25) is 21.8 Å². The number of hydrogen-bond acceptors (Lipinski definition) is 4. The number of amides is 2. The molecule has 0 spiro atoms. The standard InChI is InChI=1S/C17H25N3O4S/c1-12(2)16(21)18-19-17(22)14-8-10-20(11-9-14)25(23,24)15-6-4-13(3)5-7-15/h4-7,12,14H,8-11H2,1-3H3,(H,18,21)(H,19,22). The van der Waals surface area contributed by atoms with Crippen LogP contribution in [0.5, 0.6) is 0 Å². The van der Waals surface area contributed by atoms with Gasteiger partial charge in [-0.15, -0.1) is 0 Å². The molecule has 1 saturated heterocycles. The van der Waals surface area contributed by atoms with Gasteiger partial charge in [-0.05, 0) is 31.9 Å². The molecule has 2 amide bonds. The third-order valence-corrected chi connectivity index (χ3v) is 6.23. The average Bonchev–Trinajstić information content (AvgIpc) is 2.59. The Kier molecular flexibility index (Phi) is 6.18. The molecule has 7 nitrogen and oxygen atoms in total. The number of nitrogens with zero attached hydrogens (tertiary/aromatic N) is 1. The van der Waals surface area contributed by atoms with Crippen LogP contribution in [0.1, 0.15) is 32.3 Å². The summed E-state index contributed by atoms with van der Waals surface area (Å²) in [6.45, 7) is 5.93. The minimum absolute atomic E-state index is 0.221.